The minimum absolute atomic E-state index is 0.0914. The number of fused-ring (bicyclic) bond motifs is 1. The van der Waals surface area contributed by atoms with Gasteiger partial charge in [-0.15, -0.1) is 0 Å². The van der Waals surface area contributed by atoms with E-state index in [-0.39, 0.29) is 11.7 Å². The van der Waals surface area contributed by atoms with Crippen LogP contribution in [0.1, 0.15) is 18.5 Å². The number of carbonyl (C=O) groups is 3. The number of benzene rings is 2. The topological polar surface area (TPSA) is 95.9 Å². The van der Waals surface area contributed by atoms with Gasteiger partial charge in [-0.2, -0.15) is 0 Å². The summed E-state index contributed by atoms with van der Waals surface area (Å²) in [6.45, 7) is 1.59. The first-order valence-corrected chi connectivity index (χ1v) is 8.96. The number of rotatable bonds is 3. The normalized spacial score (nSPS) is 29.1. The highest BCUT2D eigenvalue weighted by atomic mass is 16.5. The van der Waals surface area contributed by atoms with Gasteiger partial charge in [0, 0.05) is 6.04 Å². The molecule has 0 bridgehead atoms. The molecule has 2 amide bonds. The van der Waals surface area contributed by atoms with Gasteiger partial charge in [-0.3, -0.25) is 19.7 Å². The lowest BCUT2D eigenvalue weighted by Gasteiger charge is -2.28. The Morgan fingerprint density at radius 3 is 2.32 bits per heavy atom. The molecule has 0 aromatic heterocycles. The molecule has 0 unspecified atom stereocenters. The molecule has 2 aliphatic heterocycles. The summed E-state index contributed by atoms with van der Waals surface area (Å²) >= 11 is 0. The maximum Gasteiger partial charge on any atom is 0.326 e. The van der Waals surface area contributed by atoms with Crippen LogP contribution in [0.4, 0.5) is 5.69 Å². The molecule has 0 radical (unpaired) electrons. The van der Waals surface area contributed by atoms with E-state index in [1.165, 1.54) is 19.2 Å². The Hall–Kier alpha value is -3.19. The van der Waals surface area contributed by atoms with Crippen molar-refractivity contribution in [3.63, 3.8) is 0 Å². The number of para-hydroxylation sites is 1. The van der Waals surface area contributed by atoms with Gasteiger partial charge in [0.05, 0.1) is 24.6 Å². The van der Waals surface area contributed by atoms with E-state index in [1.807, 2.05) is 0 Å². The lowest BCUT2D eigenvalue weighted by Crippen LogP contribution is -2.54. The number of nitrogens with one attached hydrogen (secondary N) is 1. The summed E-state index contributed by atoms with van der Waals surface area (Å²) in [5.41, 5.74) is -0.168. The maximum atomic E-state index is 13.3. The van der Waals surface area contributed by atoms with Crippen LogP contribution in [-0.4, -0.2) is 35.5 Å². The number of esters is 1. The van der Waals surface area contributed by atoms with Crippen molar-refractivity contribution < 1.29 is 24.2 Å². The van der Waals surface area contributed by atoms with Crippen LogP contribution >= 0.6 is 0 Å². The number of carbonyl (C=O) groups excluding carboxylic acids is 3. The van der Waals surface area contributed by atoms with Crippen molar-refractivity contribution in [1.82, 2.24) is 5.32 Å². The third-order valence-electron chi connectivity index (χ3n) is 5.66. The Morgan fingerprint density at radius 1 is 1.07 bits per heavy atom. The Morgan fingerprint density at radius 2 is 1.71 bits per heavy atom. The van der Waals surface area contributed by atoms with Crippen LogP contribution in [0.15, 0.2) is 54.6 Å². The van der Waals surface area contributed by atoms with Gasteiger partial charge < -0.3 is 9.84 Å². The third-order valence-corrected chi connectivity index (χ3v) is 5.66. The lowest BCUT2D eigenvalue weighted by molar-refractivity contribution is -0.151. The number of hydrogen-bond donors (Lipinski definition) is 2. The fourth-order valence-electron chi connectivity index (χ4n) is 4.34. The minimum atomic E-state index is -1.35. The number of phenolic OH excluding ortho intramolecular Hbond substituents is 1. The molecule has 7 nitrogen and oxygen atoms in total. The molecule has 4 atom stereocenters. The number of nitrogens with zero attached hydrogens (tertiary/aromatic N) is 1. The van der Waals surface area contributed by atoms with Crippen LogP contribution in [0.5, 0.6) is 5.75 Å². The van der Waals surface area contributed by atoms with Crippen LogP contribution in [0.2, 0.25) is 0 Å². The molecule has 0 aliphatic carbocycles. The molecule has 0 saturated carbocycles. The second kappa shape index (κ2) is 6.45. The first-order chi connectivity index (χ1) is 13.4. The Bertz CT molecular complexity index is 943. The standard InChI is InChI=1S/C21H20N2O5/c1-21(20(27)28-2)16-15(17(22-21)12-8-10-14(24)11-9-12)18(25)23(19(16)26)13-6-4-3-5-7-13/h3-11,15-17,22,24H,1-2H3/t15-,16-,17-,21-/m0/s1. The molecule has 2 aromatic rings. The number of imide groups is 1. The highest BCUT2D eigenvalue weighted by molar-refractivity contribution is 6.24. The molecule has 4 rings (SSSR count). The largest absolute Gasteiger partial charge is 0.508 e. The van der Waals surface area contributed by atoms with Gasteiger partial charge >= 0.3 is 5.97 Å². The summed E-state index contributed by atoms with van der Waals surface area (Å²) in [4.78, 5) is 40.3. The van der Waals surface area contributed by atoms with Crippen molar-refractivity contribution in [1.29, 1.82) is 0 Å². The number of hydrogen-bond acceptors (Lipinski definition) is 6. The smallest absolute Gasteiger partial charge is 0.326 e. The summed E-state index contributed by atoms with van der Waals surface area (Å²) in [6, 6.07) is 14.5. The fraction of sp³-hybridized carbons (Fsp3) is 0.286. The highest BCUT2D eigenvalue weighted by Crippen LogP contribution is 2.50. The quantitative estimate of drug-likeness (QED) is 0.622. The number of ether oxygens (including phenoxy) is 1. The molecular formula is C21H20N2O5. The maximum absolute atomic E-state index is 13.3. The molecule has 2 saturated heterocycles. The summed E-state index contributed by atoms with van der Waals surface area (Å²) < 4.78 is 4.95. The number of anilines is 1. The molecule has 2 heterocycles. The molecule has 28 heavy (non-hydrogen) atoms. The van der Waals surface area contributed by atoms with Gasteiger partial charge in [0.15, 0.2) is 0 Å². The Balaban J connectivity index is 1.82. The first kappa shape index (κ1) is 18.2. The predicted octanol–water partition coefficient (Wildman–Crippen LogP) is 1.77. The van der Waals surface area contributed by atoms with Crippen molar-refractivity contribution in [3.05, 3.63) is 60.2 Å². The predicted molar refractivity (Wildman–Crippen MR) is 100 cm³/mol. The van der Waals surface area contributed by atoms with Crippen molar-refractivity contribution in [2.45, 2.75) is 18.5 Å². The molecule has 0 spiro atoms. The van der Waals surface area contributed by atoms with Gasteiger partial charge in [-0.1, -0.05) is 30.3 Å². The van der Waals surface area contributed by atoms with Crippen molar-refractivity contribution in [3.8, 4) is 5.75 Å². The van der Waals surface area contributed by atoms with E-state index >= 15 is 0 Å². The minimum Gasteiger partial charge on any atom is -0.508 e. The number of phenols is 1. The summed E-state index contributed by atoms with van der Waals surface area (Å²) in [5, 5.41) is 12.7. The number of amides is 2. The van der Waals surface area contributed by atoms with Crippen molar-refractivity contribution in [2.24, 2.45) is 11.8 Å². The van der Waals surface area contributed by atoms with E-state index in [2.05, 4.69) is 5.32 Å². The van der Waals surface area contributed by atoms with Crippen LogP contribution in [-0.2, 0) is 19.1 Å². The Labute approximate surface area is 161 Å². The third kappa shape index (κ3) is 2.51. The van der Waals surface area contributed by atoms with Gasteiger partial charge in [-0.25, -0.2) is 4.90 Å². The first-order valence-electron chi connectivity index (χ1n) is 8.96. The molecule has 2 N–H and O–H groups in total. The zero-order valence-corrected chi connectivity index (χ0v) is 15.5. The SMILES string of the molecule is COC(=O)[C@@]1(C)N[C@@H](c2ccc(O)cc2)[C@H]2C(=O)N(c3ccccc3)C(=O)[C@H]21. The second-order valence-electron chi connectivity index (χ2n) is 7.26. The van der Waals surface area contributed by atoms with Gasteiger partial charge in [0.2, 0.25) is 11.8 Å². The molecule has 2 aromatic carbocycles. The number of aromatic hydroxyl groups is 1. The van der Waals surface area contributed by atoms with E-state index in [9.17, 15) is 19.5 Å². The van der Waals surface area contributed by atoms with E-state index in [1.54, 1.807) is 49.4 Å². The van der Waals surface area contributed by atoms with Crippen molar-refractivity contribution >= 4 is 23.5 Å². The van der Waals surface area contributed by atoms with Gasteiger partial charge in [-0.05, 0) is 36.8 Å². The zero-order valence-electron chi connectivity index (χ0n) is 15.5. The summed E-state index contributed by atoms with van der Waals surface area (Å²) in [7, 11) is 1.26. The van der Waals surface area contributed by atoms with Crippen LogP contribution < -0.4 is 10.2 Å². The second-order valence-corrected chi connectivity index (χ2v) is 7.26. The van der Waals surface area contributed by atoms with Crippen LogP contribution in [0.3, 0.4) is 0 Å². The Kier molecular flexibility index (Phi) is 4.19. The molecule has 144 valence electrons. The molecule has 2 fully saturated rings. The average molecular weight is 380 g/mol. The molecular weight excluding hydrogens is 360 g/mol. The molecule has 7 heteroatoms. The highest BCUT2D eigenvalue weighted by Gasteiger charge is 2.67. The zero-order chi connectivity index (χ0) is 20.1. The van der Waals surface area contributed by atoms with Crippen LogP contribution in [0, 0.1) is 11.8 Å². The van der Waals surface area contributed by atoms with Gasteiger partial charge in [0.25, 0.3) is 0 Å². The number of methoxy groups -OCH3 is 1. The summed E-state index contributed by atoms with van der Waals surface area (Å²) in [6.07, 6.45) is 0. The van der Waals surface area contributed by atoms with E-state index < -0.39 is 35.3 Å². The molecule has 2 aliphatic rings. The van der Waals surface area contributed by atoms with Gasteiger partial charge in [0.1, 0.15) is 11.3 Å². The van der Waals surface area contributed by atoms with E-state index in [4.69, 9.17) is 4.74 Å². The van der Waals surface area contributed by atoms with Crippen LogP contribution in [0.25, 0.3) is 0 Å². The summed E-state index contributed by atoms with van der Waals surface area (Å²) in [5.74, 6) is -2.95. The monoisotopic (exact) mass is 380 g/mol. The fourth-order valence-corrected chi connectivity index (χ4v) is 4.34. The van der Waals surface area contributed by atoms with E-state index in [0.29, 0.717) is 11.3 Å². The van der Waals surface area contributed by atoms with E-state index in [0.717, 1.165) is 4.90 Å². The lowest BCUT2D eigenvalue weighted by atomic mass is 9.80. The van der Waals surface area contributed by atoms with Crippen molar-refractivity contribution in [2.75, 3.05) is 12.0 Å². The average Bonchev–Trinajstić information content (AvgIpc) is 3.16.